The fourth-order valence-electron chi connectivity index (χ4n) is 3.40. The average molecular weight is 421 g/mol. The maximum Gasteiger partial charge on any atom is 0.291 e. The van der Waals surface area contributed by atoms with E-state index in [4.69, 9.17) is 0 Å². The first-order chi connectivity index (χ1) is 15.1. The topological polar surface area (TPSA) is 93.2 Å². The quantitative estimate of drug-likeness (QED) is 0.422. The second-order valence-electron chi connectivity index (χ2n) is 6.90. The van der Waals surface area contributed by atoms with Gasteiger partial charge in [-0.05, 0) is 26.3 Å². The monoisotopic (exact) mass is 420 g/mol. The molecule has 0 unspecified atom stereocenters. The third kappa shape index (κ3) is 5.06. The summed E-state index contributed by atoms with van der Waals surface area (Å²) in [5.41, 5.74) is 0.832. The summed E-state index contributed by atoms with van der Waals surface area (Å²) in [6.45, 7) is 9.06. The van der Waals surface area contributed by atoms with E-state index in [1.807, 2.05) is 55.0 Å². The molecule has 1 saturated heterocycles. The number of carbonyl (C=O) groups is 1. The van der Waals surface area contributed by atoms with Crippen molar-refractivity contribution >= 4 is 23.6 Å². The standard InChI is InChI=1S/C22H28N8O/c1-5-8-9-10-18(6-2)30-16-25-19(27-30)22(31)26-17-11-13-29(15-17)20(23-4)21-24-12-14-28(21)7-3/h5-10,12,14,16-17H,3,11,13,15H2,1-2,4H3,(H,26,31)/b8-5-,10-9-,18-6+,23-20+/t17-/m0/s1. The van der Waals surface area contributed by atoms with Gasteiger partial charge in [0.15, 0.2) is 11.7 Å². The number of nitrogens with zero attached hydrogens (tertiary/aromatic N) is 7. The van der Waals surface area contributed by atoms with Crippen LogP contribution in [0.25, 0.3) is 11.9 Å². The summed E-state index contributed by atoms with van der Waals surface area (Å²) >= 11 is 0. The molecule has 0 saturated carbocycles. The fourth-order valence-corrected chi connectivity index (χ4v) is 3.40. The Kier molecular flexibility index (Phi) is 7.31. The Labute approximate surface area is 182 Å². The number of nitrogens with one attached hydrogen (secondary N) is 1. The molecule has 0 spiro atoms. The molecular weight excluding hydrogens is 392 g/mol. The van der Waals surface area contributed by atoms with Crippen LogP contribution in [-0.4, -0.2) is 67.1 Å². The zero-order valence-electron chi connectivity index (χ0n) is 18.1. The van der Waals surface area contributed by atoms with Crippen LogP contribution in [0.3, 0.4) is 0 Å². The van der Waals surface area contributed by atoms with Crippen LogP contribution < -0.4 is 5.32 Å². The minimum atomic E-state index is -0.291. The number of amidine groups is 1. The summed E-state index contributed by atoms with van der Waals surface area (Å²) in [6, 6.07) is -0.0286. The van der Waals surface area contributed by atoms with Crippen LogP contribution in [0.1, 0.15) is 36.7 Å². The molecular formula is C22H28N8O. The van der Waals surface area contributed by atoms with Crippen molar-refractivity contribution in [2.75, 3.05) is 20.1 Å². The Balaban J connectivity index is 1.63. The van der Waals surface area contributed by atoms with E-state index < -0.39 is 0 Å². The van der Waals surface area contributed by atoms with E-state index in [0.29, 0.717) is 6.54 Å². The van der Waals surface area contributed by atoms with Gasteiger partial charge in [0.2, 0.25) is 5.82 Å². The number of aliphatic imine (C=N–C) groups is 1. The van der Waals surface area contributed by atoms with Crippen LogP contribution in [-0.2, 0) is 0 Å². The molecule has 1 aliphatic rings. The van der Waals surface area contributed by atoms with Gasteiger partial charge in [-0.25, -0.2) is 14.6 Å². The van der Waals surface area contributed by atoms with Crippen molar-refractivity contribution in [1.29, 1.82) is 0 Å². The minimum Gasteiger partial charge on any atom is -0.352 e. The highest BCUT2D eigenvalue weighted by atomic mass is 16.2. The highest BCUT2D eigenvalue weighted by Gasteiger charge is 2.29. The molecule has 1 fully saturated rings. The number of imidazole rings is 1. The number of hydrogen-bond donors (Lipinski definition) is 1. The van der Waals surface area contributed by atoms with Gasteiger partial charge in [-0.15, -0.1) is 5.10 Å². The van der Waals surface area contributed by atoms with Gasteiger partial charge in [0.05, 0.1) is 5.70 Å². The van der Waals surface area contributed by atoms with E-state index in [1.165, 1.54) is 0 Å². The molecule has 1 N–H and O–H groups in total. The highest BCUT2D eigenvalue weighted by Crippen LogP contribution is 2.15. The molecule has 1 amide bonds. The van der Waals surface area contributed by atoms with E-state index in [0.717, 1.165) is 30.3 Å². The SMILES string of the molecule is C=Cn1ccnc1/C(=N\C)N1CC[C@H](NC(=O)c2ncn(C(/C=C\C=C/C)=C/C)n2)C1. The van der Waals surface area contributed by atoms with Gasteiger partial charge < -0.3 is 14.8 Å². The van der Waals surface area contributed by atoms with Crippen molar-refractivity contribution < 1.29 is 4.79 Å². The van der Waals surface area contributed by atoms with Gasteiger partial charge in [0, 0.05) is 44.8 Å². The third-order valence-electron chi connectivity index (χ3n) is 4.93. The molecule has 0 aromatic carbocycles. The maximum atomic E-state index is 12.7. The first kappa shape index (κ1) is 21.9. The minimum absolute atomic E-state index is 0.0286. The van der Waals surface area contributed by atoms with E-state index in [2.05, 4.69) is 36.9 Å². The number of likely N-dealkylation sites (tertiary alicyclic amines) is 1. The second-order valence-corrected chi connectivity index (χ2v) is 6.90. The summed E-state index contributed by atoms with van der Waals surface area (Å²) in [4.78, 5) is 27.8. The normalized spacial score (nSPS) is 17.8. The van der Waals surface area contributed by atoms with Crippen molar-refractivity contribution in [1.82, 2.24) is 34.5 Å². The molecule has 3 rings (SSSR count). The first-order valence-corrected chi connectivity index (χ1v) is 10.2. The number of aromatic nitrogens is 5. The smallest absolute Gasteiger partial charge is 0.291 e. The summed E-state index contributed by atoms with van der Waals surface area (Å²) in [5, 5.41) is 7.35. The van der Waals surface area contributed by atoms with Gasteiger partial charge in [0.25, 0.3) is 5.91 Å². The van der Waals surface area contributed by atoms with Crippen LogP contribution in [0.4, 0.5) is 0 Å². The number of amides is 1. The zero-order chi connectivity index (χ0) is 22.2. The lowest BCUT2D eigenvalue weighted by Crippen LogP contribution is -2.39. The number of hydrogen-bond acceptors (Lipinski definition) is 5. The van der Waals surface area contributed by atoms with Crippen molar-refractivity contribution in [3.05, 3.63) is 67.3 Å². The Morgan fingerprint density at radius 3 is 2.87 bits per heavy atom. The second kappa shape index (κ2) is 10.3. The summed E-state index contributed by atoms with van der Waals surface area (Å²) in [6.07, 6.45) is 17.2. The summed E-state index contributed by atoms with van der Waals surface area (Å²) in [7, 11) is 1.74. The molecule has 3 heterocycles. The molecule has 9 nitrogen and oxygen atoms in total. The molecule has 31 heavy (non-hydrogen) atoms. The lowest BCUT2D eigenvalue weighted by Gasteiger charge is -2.20. The lowest BCUT2D eigenvalue weighted by molar-refractivity contribution is 0.0928. The van der Waals surface area contributed by atoms with Crippen LogP contribution in [0.2, 0.25) is 0 Å². The van der Waals surface area contributed by atoms with Crippen LogP contribution in [0, 0.1) is 0 Å². The van der Waals surface area contributed by atoms with Crippen molar-refractivity contribution in [3.63, 3.8) is 0 Å². The predicted molar refractivity (Wildman–Crippen MR) is 122 cm³/mol. The van der Waals surface area contributed by atoms with Crippen molar-refractivity contribution in [2.24, 2.45) is 4.99 Å². The Morgan fingerprint density at radius 2 is 2.16 bits per heavy atom. The summed E-state index contributed by atoms with van der Waals surface area (Å²) < 4.78 is 3.42. The van der Waals surface area contributed by atoms with Crippen LogP contribution in [0.5, 0.6) is 0 Å². The van der Waals surface area contributed by atoms with E-state index in [-0.39, 0.29) is 17.8 Å². The molecule has 1 aliphatic heterocycles. The molecule has 2 aromatic rings. The lowest BCUT2D eigenvalue weighted by atomic mass is 10.2. The molecule has 9 heteroatoms. The number of carbonyl (C=O) groups excluding carboxylic acids is 1. The third-order valence-corrected chi connectivity index (χ3v) is 4.93. The van der Waals surface area contributed by atoms with Gasteiger partial charge >= 0.3 is 0 Å². The van der Waals surface area contributed by atoms with Gasteiger partial charge in [-0.3, -0.25) is 9.79 Å². The highest BCUT2D eigenvalue weighted by molar-refractivity contribution is 5.96. The van der Waals surface area contributed by atoms with E-state index >= 15 is 0 Å². The summed E-state index contributed by atoms with van der Waals surface area (Å²) in [5.74, 6) is 1.36. The molecule has 162 valence electrons. The van der Waals surface area contributed by atoms with Gasteiger partial charge in [-0.1, -0.05) is 30.9 Å². The Hall–Kier alpha value is -3.75. The number of allylic oxidation sites excluding steroid dienone is 6. The fraction of sp³-hybridized carbons (Fsp3) is 0.318. The number of rotatable bonds is 7. The van der Waals surface area contributed by atoms with E-state index in [1.54, 1.807) is 30.5 Å². The molecule has 0 radical (unpaired) electrons. The first-order valence-electron chi connectivity index (χ1n) is 10.2. The largest absolute Gasteiger partial charge is 0.352 e. The van der Waals surface area contributed by atoms with Crippen molar-refractivity contribution in [3.8, 4) is 0 Å². The predicted octanol–water partition coefficient (Wildman–Crippen LogP) is 2.45. The van der Waals surface area contributed by atoms with Crippen molar-refractivity contribution in [2.45, 2.75) is 26.3 Å². The Bertz CT molecular complexity index is 1040. The zero-order valence-corrected chi connectivity index (χ0v) is 18.1. The molecule has 1 atom stereocenters. The van der Waals surface area contributed by atoms with Gasteiger partial charge in [0.1, 0.15) is 6.33 Å². The maximum absolute atomic E-state index is 12.7. The van der Waals surface area contributed by atoms with Gasteiger partial charge in [-0.2, -0.15) is 0 Å². The average Bonchev–Trinajstić information content (AvgIpc) is 3.53. The molecule has 0 aliphatic carbocycles. The van der Waals surface area contributed by atoms with Crippen LogP contribution in [0.15, 0.2) is 60.7 Å². The van der Waals surface area contributed by atoms with E-state index in [9.17, 15) is 4.79 Å². The Morgan fingerprint density at radius 1 is 1.32 bits per heavy atom. The molecule has 0 bridgehead atoms. The van der Waals surface area contributed by atoms with Crippen LogP contribution >= 0.6 is 0 Å². The molecule has 2 aromatic heterocycles.